The van der Waals surface area contributed by atoms with Crippen LogP contribution < -0.4 is 5.73 Å². The van der Waals surface area contributed by atoms with E-state index in [2.05, 4.69) is 15.1 Å². The van der Waals surface area contributed by atoms with Crippen LogP contribution in [0.2, 0.25) is 0 Å². The molecule has 6 heteroatoms. The fourth-order valence-electron chi connectivity index (χ4n) is 1.95. The van der Waals surface area contributed by atoms with Gasteiger partial charge in [0.15, 0.2) is 0 Å². The number of aromatic amines is 1. The van der Waals surface area contributed by atoms with Crippen molar-refractivity contribution in [1.82, 2.24) is 15.1 Å². The van der Waals surface area contributed by atoms with Crippen molar-refractivity contribution in [3.8, 4) is 0 Å². The standard InChI is InChI=1S/C9H15FN4.ClH/c10-7-3-9(4-11)14(5-7)6-8-1-2-12-13-8;/h1-2,7,9H,3-6,11H2,(H,12,13);1H/t7-,9-;/m0./s1. The number of halogens is 2. The Hall–Kier alpha value is -0.650. The SMILES string of the molecule is Cl.NC[C@@H]1C[C@H](F)CN1Cc1ccn[nH]1. The van der Waals surface area contributed by atoms with Gasteiger partial charge in [-0.25, -0.2) is 4.39 Å². The lowest BCUT2D eigenvalue weighted by Gasteiger charge is -2.21. The highest BCUT2D eigenvalue weighted by Crippen LogP contribution is 2.21. The largest absolute Gasteiger partial charge is 0.329 e. The molecular weight excluding hydrogens is 219 g/mol. The average Bonchev–Trinajstić information content (AvgIpc) is 2.76. The number of H-pyrrole nitrogens is 1. The summed E-state index contributed by atoms with van der Waals surface area (Å²) < 4.78 is 13.1. The van der Waals surface area contributed by atoms with E-state index in [1.165, 1.54) is 0 Å². The molecule has 0 saturated carbocycles. The summed E-state index contributed by atoms with van der Waals surface area (Å²) in [6.07, 6.45) is 1.53. The van der Waals surface area contributed by atoms with Gasteiger partial charge in [0.25, 0.3) is 0 Å². The maximum Gasteiger partial charge on any atom is 0.114 e. The highest BCUT2D eigenvalue weighted by Gasteiger charge is 2.30. The van der Waals surface area contributed by atoms with E-state index in [9.17, 15) is 4.39 Å². The van der Waals surface area contributed by atoms with Crippen molar-refractivity contribution in [2.75, 3.05) is 13.1 Å². The predicted molar refractivity (Wildman–Crippen MR) is 58.6 cm³/mol. The molecule has 2 rings (SSSR count). The molecular formula is C9H16ClFN4. The van der Waals surface area contributed by atoms with E-state index in [1.54, 1.807) is 6.20 Å². The van der Waals surface area contributed by atoms with Crippen LogP contribution in [0.5, 0.6) is 0 Å². The predicted octanol–water partition coefficient (Wildman–Crippen LogP) is 0.703. The summed E-state index contributed by atoms with van der Waals surface area (Å²) in [5.74, 6) is 0. The maximum atomic E-state index is 13.1. The first kappa shape index (κ1) is 12.4. The molecule has 15 heavy (non-hydrogen) atoms. The quantitative estimate of drug-likeness (QED) is 0.810. The van der Waals surface area contributed by atoms with Crippen LogP contribution >= 0.6 is 12.4 Å². The molecule has 0 bridgehead atoms. The van der Waals surface area contributed by atoms with Crippen molar-refractivity contribution in [1.29, 1.82) is 0 Å². The molecule has 1 aliphatic heterocycles. The Balaban J connectivity index is 0.00000112. The molecule has 0 radical (unpaired) electrons. The number of rotatable bonds is 3. The average molecular weight is 235 g/mol. The second-order valence-electron chi connectivity index (χ2n) is 3.73. The first-order valence-electron chi connectivity index (χ1n) is 4.86. The van der Waals surface area contributed by atoms with Gasteiger partial charge in [0, 0.05) is 37.6 Å². The molecule has 1 saturated heterocycles. The number of nitrogens with two attached hydrogens (primary N) is 1. The lowest BCUT2D eigenvalue weighted by Crippen LogP contribution is -2.35. The smallest absolute Gasteiger partial charge is 0.114 e. The number of hydrogen-bond donors (Lipinski definition) is 2. The molecule has 3 N–H and O–H groups in total. The lowest BCUT2D eigenvalue weighted by molar-refractivity contribution is 0.236. The van der Waals surface area contributed by atoms with E-state index in [4.69, 9.17) is 5.73 Å². The molecule has 1 aromatic heterocycles. The van der Waals surface area contributed by atoms with E-state index >= 15 is 0 Å². The van der Waals surface area contributed by atoms with Gasteiger partial charge in [0.2, 0.25) is 0 Å². The molecule has 2 atom stereocenters. The summed E-state index contributed by atoms with van der Waals surface area (Å²) >= 11 is 0. The molecule has 0 aliphatic carbocycles. The van der Waals surface area contributed by atoms with E-state index in [0.717, 1.165) is 5.69 Å². The van der Waals surface area contributed by atoms with E-state index in [1.807, 2.05) is 6.07 Å². The lowest BCUT2D eigenvalue weighted by atomic mass is 10.2. The fourth-order valence-corrected chi connectivity index (χ4v) is 1.95. The van der Waals surface area contributed by atoms with Gasteiger partial charge in [-0.15, -0.1) is 12.4 Å². The first-order valence-corrected chi connectivity index (χ1v) is 4.86. The Morgan fingerprint density at radius 1 is 1.67 bits per heavy atom. The molecule has 1 fully saturated rings. The van der Waals surface area contributed by atoms with Crippen molar-refractivity contribution in [2.45, 2.75) is 25.2 Å². The minimum Gasteiger partial charge on any atom is -0.329 e. The van der Waals surface area contributed by atoms with Gasteiger partial charge in [-0.3, -0.25) is 10.00 Å². The first-order chi connectivity index (χ1) is 6.79. The third kappa shape index (κ3) is 2.90. The monoisotopic (exact) mass is 234 g/mol. The minimum absolute atomic E-state index is 0. The van der Waals surface area contributed by atoms with Gasteiger partial charge in [-0.05, 0) is 12.5 Å². The topological polar surface area (TPSA) is 57.9 Å². The number of hydrogen-bond acceptors (Lipinski definition) is 3. The summed E-state index contributed by atoms with van der Waals surface area (Å²) in [6, 6.07) is 2.08. The Morgan fingerprint density at radius 3 is 3.07 bits per heavy atom. The number of likely N-dealkylation sites (tertiary alicyclic amines) is 1. The van der Waals surface area contributed by atoms with Crippen LogP contribution in [0, 0.1) is 0 Å². The molecule has 0 spiro atoms. The van der Waals surface area contributed by atoms with Gasteiger partial charge in [0.05, 0.1) is 0 Å². The number of alkyl halides is 1. The van der Waals surface area contributed by atoms with E-state index in [-0.39, 0.29) is 18.4 Å². The van der Waals surface area contributed by atoms with Crippen LogP contribution in [-0.2, 0) is 6.54 Å². The Labute approximate surface area is 94.4 Å². The molecule has 4 nitrogen and oxygen atoms in total. The molecule has 86 valence electrons. The summed E-state index contributed by atoms with van der Waals surface area (Å²) in [6.45, 7) is 1.72. The molecule has 1 aromatic rings. The van der Waals surface area contributed by atoms with Crippen molar-refractivity contribution >= 4 is 12.4 Å². The van der Waals surface area contributed by atoms with E-state index < -0.39 is 6.17 Å². The maximum absolute atomic E-state index is 13.1. The zero-order chi connectivity index (χ0) is 9.97. The Morgan fingerprint density at radius 2 is 2.47 bits per heavy atom. The molecule has 2 heterocycles. The Kier molecular flexibility index (Phi) is 4.50. The highest BCUT2D eigenvalue weighted by atomic mass is 35.5. The number of nitrogens with zero attached hydrogens (tertiary/aromatic N) is 2. The van der Waals surface area contributed by atoms with Crippen molar-refractivity contribution < 1.29 is 4.39 Å². The number of nitrogens with one attached hydrogen (secondary N) is 1. The van der Waals surface area contributed by atoms with E-state index in [0.29, 0.717) is 26.1 Å². The van der Waals surface area contributed by atoms with Crippen LogP contribution in [0.25, 0.3) is 0 Å². The van der Waals surface area contributed by atoms with Gasteiger partial charge in [-0.2, -0.15) is 5.10 Å². The summed E-state index contributed by atoms with van der Waals surface area (Å²) in [4.78, 5) is 2.07. The van der Waals surface area contributed by atoms with Crippen LogP contribution in [0.1, 0.15) is 12.1 Å². The van der Waals surface area contributed by atoms with Gasteiger partial charge in [-0.1, -0.05) is 0 Å². The van der Waals surface area contributed by atoms with Gasteiger partial charge in [0.1, 0.15) is 6.17 Å². The summed E-state index contributed by atoms with van der Waals surface area (Å²) in [5.41, 5.74) is 6.59. The van der Waals surface area contributed by atoms with Gasteiger partial charge < -0.3 is 5.73 Å². The molecule has 0 unspecified atom stereocenters. The normalized spacial score (nSPS) is 26.5. The van der Waals surface area contributed by atoms with Crippen molar-refractivity contribution in [3.63, 3.8) is 0 Å². The molecule has 0 amide bonds. The number of aromatic nitrogens is 2. The third-order valence-corrected chi connectivity index (χ3v) is 2.68. The summed E-state index contributed by atoms with van der Waals surface area (Å²) in [5, 5.41) is 6.73. The van der Waals surface area contributed by atoms with Crippen LogP contribution in [0.15, 0.2) is 12.3 Å². The highest BCUT2D eigenvalue weighted by molar-refractivity contribution is 5.85. The molecule has 1 aliphatic rings. The van der Waals surface area contributed by atoms with Crippen molar-refractivity contribution in [2.24, 2.45) is 5.73 Å². The fraction of sp³-hybridized carbons (Fsp3) is 0.667. The second-order valence-corrected chi connectivity index (χ2v) is 3.73. The molecule has 0 aromatic carbocycles. The minimum atomic E-state index is -0.730. The van der Waals surface area contributed by atoms with Crippen LogP contribution in [0.3, 0.4) is 0 Å². The van der Waals surface area contributed by atoms with Crippen molar-refractivity contribution in [3.05, 3.63) is 18.0 Å². The zero-order valence-corrected chi connectivity index (χ0v) is 9.21. The second kappa shape index (κ2) is 5.44. The van der Waals surface area contributed by atoms with Crippen LogP contribution in [0.4, 0.5) is 4.39 Å². The van der Waals surface area contributed by atoms with Gasteiger partial charge >= 0.3 is 0 Å². The third-order valence-electron chi connectivity index (χ3n) is 2.68. The summed E-state index contributed by atoms with van der Waals surface area (Å²) in [7, 11) is 0. The Bertz CT molecular complexity index is 280. The zero-order valence-electron chi connectivity index (χ0n) is 8.40. The van der Waals surface area contributed by atoms with Crippen LogP contribution in [-0.4, -0.2) is 40.4 Å².